The van der Waals surface area contributed by atoms with Crippen LogP contribution in [-0.4, -0.2) is 55.5 Å². The van der Waals surface area contributed by atoms with E-state index in [0.717, 1.165) is 25.8 Å². The fourth-order valence-electron chi connectivity index (χ4n) is 2.38. The van der Waals surface area contributed by atoms with E-state index in [2.05, 4.69) is 15.5 Å². The van der Waals surface area contributed by atoms with Gasteiger partial charge in [-0.1, -0.05) is 6.92 Å². The Balaban J connectivity index is 0.00000400. The predicted octanol–water partition coefficient (Wildman–Crippen LogP) is 0.110. The van der Waals surface area contributed by atoms with Crippen molar-refractivity contribution in [2.24, 2.45) is 11.7 Å². The molecule has 0 bridgehead atoms. The molecule has 1 rings (SSSR count). The number of amides is 2. The van der Waals surface area contributed by atoms with E-state index in [1.807, 2.05) is 13.8 Å². The largest absolute Gasteiger partial charge is 0.355 e. The zero-order valence-electron chi connectivity index (χ0n) is 13.1. The second kappa shape index (κ2) is 10.8. The van der Waals surface area contributed by atoms with Crippen LogP contribution in [0.3, 0.4) is 0 Å². The van der Waals surface area contributed by atoms with Gasteiger partial charge in [-0.3, -0.25) is 14.5 Å². The van der Waals surface area contributed by atoms with Crippen LogP contribution in [0.25, 0.3) is 0 Å². The molecule has 1 aliphatic heterocycles. The molecule has 1 heterocycles. The molecule has 2 amide bonds. The third kappa shape index (κ3) is 7.64. The second-order valence-electron chi connectivity index (χ2n) is 5.53. The highest BCUT2D eigenvalue weighted by Gasteiger charge is 2.26. The number of carbonyl (C=O) groups is 2. The van der Waals surface area contributed by atoms with Crippen molar-refractivity contribution >= 4 is 24.2 Å². The fourth-order valence-corrected chi connectivity index (χ4v) is 2.38. The molecule has 2 unspecified atom stereocenters. The molecule has 7 heteroatoms. The summed E-state index contributed by atoms with van der Waals surface area (Å²) in [6.45, 7) is 6.94. The molecular formula is C14H29ClN4O2. The predicted molar refractivity (Wildman–Crippen MR) is 86.4 cm³/mol. The summed E-state index contributed by atoms with van der Waals surface area (Å²) in [6, 6.07) is 0.205. The van der Waals surface area contributed by atoms with Crippen LogP contribution in [0.4, 0.5) is 0 Å². The molecule has 1 fully saturated rings. The number of halogens is 1. The maximum absolute atomic E-state index is 11.9. The summed E-state index contributed by atoms with van der Waals surface area (Å²) in [4.78, 5) is 25.8. The summed E-state index contributed by atoms with van der Waals surface area (Å²) >= 11 is 0. The molecule has 124 valence electrons. The molecule has 0 saturated carbocycles. The number of likely N-dealkylation sites (tertiary alicyclic amines) is 1. The van der Waals surface area contributed by atoms with Crippen LogP contribution in [0.15, 0.2) is 0 Å². The first-order chi connectivity index (χ1) is 9.56. The molecule has 1 aliphatic rings. The molecule has 6 nitrogen and oxygen atoms in total. The van der Waals surface area contributed by atoms with Gasteiger partial charge in [-0.2, -0.15) is 0 Å². The first-order valence-corrected chi connectivity index (χ1v) is 7.56. The highest BCUT2D eigenvalue weighted by atomic mass is 35.5. The molecule has 0 aromatic carbocycles. The van der Waals surface area contributed by atoms with Crippen molar-refractivity contribution in [1.29, 1.82) is 0 Å². The summed E-state index contributed by atoms with van der Waals surface area (Å²) in [5.74, 6) is 0.0801. The fraction of sp³-hybridized carbons (Fsp3) is 0.857. The number of carbonyl (C=O) groups excluding carboxylic acids is 2. The lowest BCUT2D eigenvalue weighted by molar-refractivity contribution is -0.129. The third-order valence-corrected chi connectivity index (χ3v) is 3.71. The van der Waals surface area contributed by atoms with E-state index in [4.69, 9.17) is 5.73 Å². The van der Waals surface area contributed by atoms with Gasteiger partial charge in [-0.15, -0.1) is 12.4 Å². The Hall–Kier alpha value is -0.850. The number of nitrogens with two attached hydrogens (primary N) is 1. The highest BCUT2D eigenvalue weighted by Crippen LogP contribution is 2.16. The number of hydrogen-bond donors (Lipinski definition) is 3. The average molecular weight is 321 g/mol. The molecule has 0 radical (unpaired) electrons. The molecule has 4 N–H and O–H groups in total. The minimum absolute atomic E-state index is 0. The van der Waals surface area contributed by atoms with Gasteiger partial charge in [0, 0.05) is 25.7 Å². The lowest BCUT2D eigenvalue weighted by Crippen LogP contribution is -2.48. The zero-order chi connectivity index (χ0) is 15.0. The Morgan fingerprint density at radius 2 is 2.14 bits per heavy atom. The quantitative estimate of drug-likeness (QED) is 0.621. The summed E-state index contributed by atoms with van der Waals surface area (Å²) in [5, 5.41) is 5.78. The van der Waals surface area contributed by atoms with E-state index >= 15 is 0 Å². The van der Waals surface area contributed by atoms with Crippen LogP contribution in [0.5, 0.6) is 0 Å². The summed E-state index contributed by atoms with van der Waals surface area (Å²) in [6.07, 6.45) is 2.77. The molecule has 2 atom stereocenters. The van der Waals surface area contributed by atoms with Gasteiger partial charge in [0.15, 0.2) is 0 Å². The molecule has 0 aromatic rings. The van der Waals surface area contributed by atoms with Crippen molar-refractivity contribution in [3.63, 3.8) is 0 Å². The highest BCUT2D eigenvalue weighted by molar-refractivity contribution is 5.85. The Morgan fingerprint density at radius 3 is 2.76 bits per heavy atom. The van der Waals surface area contributed by atoms with E-state index in [9.17, 15) is 9.59 Å². The van der Waals surface area contributed by atoms with Crippen LogP contribution in [0.1, 0.15) is 33.1 Å². The first-order valence-electron chi connectivity index (χ1n) is 7.56. The number of piperidine rings is 1. The normalized spacial score (nSPS) is 20.2. The van der Waals surface area contributed by atoms with Crippen molar-refractivity contribution in [2.45, 2.75) is 39.2 Å². The molecule has 0 spiro atoms. The summed E-state index contributed by atoms with van der Waals surface area (Å²) < 4.78 is 0. The number of rotatable bonds is 7. The molecule has 0 aliphatic carbocycles. The van der Waals surface area contributed by atoms with Gasteiger partial charge in [0.2, 0.25) is 11.8 Å². The summed E-state index contributed by atoms with van der Waals surface area (Å²) in [7, 11) is 0. The average Bonchev–Trinajstić information content (AvgIpc) is 2.44. The van der Waals surface area contributed by atoms with Crippen LogP contribution in [0, 0.1) is 5.92 Å². The second-order valence-corrected chi connectivity index (χ2v) is 5.53. The van der Waals surface area contributed by atoms with Crippen LogP contribution in [-0.2, 0) is 9.59 Å². The maximum Gasteiger partial charge on any atom is 0.234 e. The van der Waals surface area contributed by atoms with Crippen molar-refractivity contribution in [1.82, 2.24) is 15.5 Å². The Labute approximate surface area is 133 Å². The Kier molecular flexibility index (Phi) is 10.4. The number of nitrogens with one attached hydrogen (secondary N) is 2. The number of nitrogens with zero attached hydrogens (tertiary/aromatic N) is 1. The molecule has 1 saturated heterocycles. The van der Waals surface area contributed by atoms with Gasteiger partial charge in [0.05, 0.1) is 12.5 Å². The lowest BCUT2D eigenvalue weighted by atomic mass is 9.97. The molecule has 21 heavy (non-hydrogen) atoms. The number of hydrogen-bond acceptors (Lipinski definition) is 4. The van der Waals surface area contributed by atoms with Crippen molar-refractivity contribution in [2.75, 3.05) is 32.7 Å². The lowest BCUT2D eigenvalue weighted by Gasteiger charge is -2.31. The minimum Gasteiger partial charge on any atom is -0.355 e. The van der Waals surface area contributed by atoms with Gasteiger partial charge in [0.1, 0.15) is 0 Å². The SMILES string of the molecule is CCC(C)NC(=O)CN1CCCC(C(=O)NCCN)C1.Cl. The van der Waals surface area contributed by atoms with Crippen molar-refractivity contribution < 1.29 is 9.59 Å². The van der Waals surface area contributed by atoms with E-state index < -0.39 is 0 Å². The maximum atomic E-state index is 11.9. The van der Waals surface area contributed by atoms with Crippen molar-refractivity contribution in [3.8, 4) is 0 Å². The van der Waals surface area contributed by atoms with Crippen molar-refractivity contribution in [3.05, 3.63) is 0 Å². The van der Waals surface area contributed by atoms with Gasteiger partial charge in [0.25, 0.3) is 0 Å². The Morgan fingerprint density at radius 1 is 1.43 bits per heavy atom. The van der Waals surface area contributed by atoms with Gasteiger partial charge in [-0.05, 0) is 32.7 Å². The third-order valence-electron chi connectivity index (χ3n) is 3.71. The zero-order valence-corrected chi connectivity index (χ0v) is 13.9. The van der Waals surface area contributed by atoms with Gasteiger partial charge >= 0.3 is 0 Å². The minimum atomic E-state index is -0.0216. The van der Waals surface area contributed by atoms with E-state index in [1.54, 1.807) is 0 Å². The summed E-state index contributed by atoms with van der Waals surface area (Å²) in [5.41, 5.74) is 5.38. The van der Waals surface area contributed by atoms with E-state index in [1.165, 1.54) is 0 Å². The van der Waals surface area contributed by atoms with E-state index in [-0.39, 0.29) is 36.2 Å². The smallest absolute Gasteiger partial charge is 0.234 e. The molecular weight excluding hydrogens is 292 g/mol. The van der Waals surface area contributed by atoms with Crippen LogP contribution in [0.2, 0.25) is 0 Å². The van der Waals surface area contributed by atoms with Crippen LogP contribution >= 0.6 is 12.4 Å². The van der Waals surface area contributed by atoms with Gasteiger partial charge in [-0.25, -0.2) is 0 Å². The van der Waals surface area contributed by atoms with Gasteiger partial charge < -0.3 is 16.4 Å². The topological polar surface area (TPSA) is 87.5 Å². The van der Waals surface area contributed by atoms with Crippen LogP contribution < -0.4 is 16.4 Å². The molecule has 0 aromatic heterocycles. The van der Waals surface area contributed by atoms with E-state index in [0.29, 0.717) is 26.2 Å². The Bertz CT molecular complexity index is 328. The standard InChI is InChI=1S/C14H28N4O2.ClH/c1-3-11(2)17-13(19)10-18-8-4-5-12(9-18)14(20)16-7-6-15;/h11-12H,3-10,15H2,1-2H3,(H,16,20)(H,17,19);1H. The first kappa shape index (κ1) is 20.1. The monoisotopic (exact) mass is 320 g/mol.